The number of fused-ring (bicyclic) bond motifs is 1. The van der Waals surface area contributed by atoms with Crippen LogP contribution in [-0.2, 0) is 24.3 Å². The monoisotopic (exact) mass is 343 g/mol. The first-order chi connectivity index (χ1) is 11.5. The van der Waals surface area contributed by atoms with Crippen molar-refractivity contribution in [1.82, 2.24) is 14.9 Å². The summed E-state index contributed by atoms with van der Waals surface area (Å²) in [6, 6.07) is 7.58. The summed E-state index contributed by atoms with van der Waals surface area (Å²) < 4.78 is 0. The van der Waals surface area contributed by atoms with Gasteiger partial charge in [-0.25, -0.2) is 9.97 Å². The number of carbonyl (C=O) groups is 1. The van der Waals surface area contributed by atoms with E-state index >= 15 is 0 Å². The van der Waals surface area contributed by atoms with Crippen LogP contribution in [0.4, 0.5) is 0 Å². The first-order valence-corrected chi connectivity index (χ1v) is 8.75. The third-order valence-electron chi connectivity index (χ3n) is 4.50. The van der Waals surface area contributed by atoms with Crippen LogP contribution in [0.2, 0.25) is 5.02 Å². The normalized spacial score (nSPS) is 14.8. The molecule has 126 valence electrons. The molecule has 2 heterocycles. The second-order valence-electron chi connectivity index (χ2n) is 6.58. The average molecular weight is 344 g/mol. The number of benzene rings is 1. The molecule has 0 unspecified atom stereocenters. The zero-order valence-electron chi connectivity index (χ0n) is 14.3. The molecule has 0 saturated heterocycles. The van der Waals surface area contributed by atoms with Gasteiger partial charge < -0.3 is 4.90 Å². The van der Waals surface area contributed by atoms with Crippen molar-refractivity contribution in [1.29, 1.82) is 0 Å². The van der Waals surface area contributed by atoms with E-state index in [4.69, 9.17) is 11.6 Å². The minimum Gasteiger partial charge on any atom is -0.332 e. The topological polar surface area (TPSA) is 46.1 Å². The summed E-state index contributed by atoms with van der Waals surface area (Å²) in [5.74, 6) is 1.01. The molecule has 24 heavy (non-hydrogen) atoms. The van der Waals surface area contributed by atoms with Gasteiger partial charge in [0.05, 0.1) is 18.2 Å². The fourth-order valence-corrected chi connectivity index (χ4v) is 3.33. The summed E-state index contributed by atoms with van der Waals surface area (Å²) in [6.07, 6.45) is 2.67. The predicted octanol–water partition coefficient (Wildman–Crippen LogP) is 3.97. The summed E-state index contributed by atoms with van der Waals surface area (Å²) in [5, 5.41) is 0.685. The van der Waals surface area contributed by atoms with Crippen LogP contribution >= 0.6 is 11.6 Å². The number of aromatic nitrogens is 2. The molecule has 1 aromatic carbocycles. The van der Waals surface area contributed by atoms with Crippen LogP contribution in [0.25, 0.3) is 0 Å². The molecule has 3 rings (SSSR count). The number of nitrogens with zero attached hydrogens (tertiary/aromatic N) is 3. The van der Waals surface area contributed by atoms with Crippen molar-refractivity contribution in [2.75, 3.05) is 0 Å². The smallest absolute Gasteiger partial charge is 0.231 e. The van der Waals surface area contributed by atoms with Crippen molar-refractivity contribution in [3.05, 3.63) is 58.1 Å². The number of hydrogen-bond donors (Lipinski definition) is 0. The van der Waals surface area contributed by atoms with E-state index in [-0.39, 0.29) is 17.7 Å². The largest absolute Gasteiger partial charge is 0.332 e. The van der Waals surface area contributed by atoms with Crippen LogP contribution in [0.15, 0.2) is 30.5 Å². The van der Waals surface area contributed by atoms with Gasteiger partial charge in [-0.2, -0.15) is 0 Å². The molecule has 0 fully saturated rings. The second kappa shape index (κ2) is 6.89. The van der Waals surface area contributed by atoms with Gasteiger partial charge in [0.15, 0.2) is 0 Å². The first-order valence-electron chi connectivity index (χ1n) is 8.37. The quantitative estimate of drug-likeness (QED) is 0.843. The van der Waals surface area contributed by atoms with E-state index in [0.717, 1.165) is 29.1 Å². The Morgan fingerprint density at radius 1 is 1.25 bits per heavy atom. The maximum Gasteiger partial charge on any atom is 0.231 e. The third kappa shape index (κ3) is 3.29. The zero-order valence-corrected chi connectivity index (χ0v) is 15.0. The first kappa shape index (κ1) is 16.9. The van der Waals surface area contributed by atoms with E-state index in [2.05, 4.69) is 23.8 Å². The Morgan fingerprint density at radius 3 is 2.58 bits per heavy atom. The minimum atomic E-state index is -0.171. The van der Waals surface area contributed by atoms with Crippen molar-refractivity contribution < 1.29 is 4.79 Å². The highest BCUT2D eigenvalue weighted by molar-refractivity contribution is 6.30. The highest BCUT2D eigenvalue weighted by atomic mass is 35.5. The number of halogens is 1. The Bertz CT molecular complexity index is 743. The van der Waals surface area contributed by atoms with Gasteiger partial charge in [-0.3, -0.25) is 4.79 Å². The molecule has 0 radical (unpaired) electrons. The molecule has 1 atom stereocenters. The molecule has 0 aliphatic carbocycles. The van der Waals surface area contributed by atoms with Gasteiger partial charge in [0.1, 0.15) is 5.82 Å². The number of rotatable bonds is 4. The Hall–Kier alpha value is -1.94. The molecule has 1 amide bonds. The lowest BCUT2D eigenvalue weighted by Crippen LogP contribution is -2.33. The van der Waals surface area contributed by atoms with Gasteiger partial charge in [-0.05, 0) is 23.6 Å². The standard InChI is InChI=1S/C19H22ClN3O/c1-4-17-21-9-14-10-23(11-16(14)22-17)19(24)18(12(2)3)13-5-7-15(20)8-6-13/h5-9,12,18H,4,10-11H2,1-3H3/t18-/m1/s1. The van der Waals surface area contributed by atoms with E-state index in [1.807, 2.05) is 42.3 Å². The Balaban J connectivity index is 1.83. The summed E-state index contributed by atoms with van der Waals surface area (Å²) in [6.45, 7) is 7.36. The van der Waals surface area contributed by atoms with E-state index in [9.17, 15) is 4.79 Å². The van der Waals surface area contributed by atoms with Gasteiger partial charge >= 0.3 is 0 Å². The van der Waals surface area contributed by atoms with Gasteiger partial charge in [-0.1, -0.05) is 44.5 Å². The maximum absolute atomic E-state index is 13.1. The number of hydrogen-bond acceptors (Lipinski definition) is 3. The van der Waals surface area contributed by atoms with Crippen molar-refractivity contribution in [2.45, 2.75) is 46.2 Å². The molecule has 1 aliphatic heterocycles. The van der Waals surface area contributed by atoms with Gasteiger partial charge in [0.2, 0.25) is 5.91 Å². The highest BCUT2D eigenvalue weighted by Crippen LogP contribution is 2.31. The van der Waals surface area contributed by atoms with Crippen LogP contribution < -0.4 is 0 Å². The molecule has 4 nitrogen and oxygen atoms in total. The predicted molar refractivity (Wildman–Crippen MR) is 94.7 cm³/mol. The zero-order chi connectivity index (χ0) is 17.3. The molecule has 2 aromatic rings. The Morgan fingerprint density at radius 2 is 1.96 bits per heavy atom. The van der Waals surface area contributed by atoms with Crippen molar-refractivity contribution >= 4 is 17.5 Å². The maximum atomic E-state index is 13.1. The summed E-state index contributed by atoms with van der Waals surface area (Å²) in [5.41, 5.74) is 3.05. The van der Waals surface area contributed by atoms with Crippen molar-refractivity contribution in [2.24, 2.45) is 5.92 Å². The lowest BCUT2D eigenvalue weighted by atomic mass is 9.87. The number of carbonyl (C=O) groups excluding carboxylic acids is 1. The minimum absolute atomic E-state index is 0.142. The molecule has 0 bridgehead atoms. The SMILES string of the molecule is CCc1ncc2c(n1)CN(C(=O)[C@@H](c1ccc(Cl)cc1)C(C)C)C2. The van der Waals surface area contributed by atoms with Crippen LogP contribution in [-0.4, -0.2) is 20.8 Å². The molecule has 0 N–H and O–H groups in total. The number of amides is 1. The molecular weight excluding hydrogens is 322 g/mol. The molecule has 0 spiro atoms. The molecule has 1 aliphatic rings. The van der Waals surface area contributed by atoms with Gasteiger partial charge in [0, 0.05) is 29.7 Å². The lowest BCUT2D eigenvalue weighted by molar-refractivity contribution is -0.134. The van der Waals surface area contributed by atoms with Crippen LogP contribution in [0.3, 0.4) is 0 Å². The molecule has 1 aromatic heterocycles. The molecule has 5 heteroatoms. The fourth-order valence-electron chi connectivity index (χ4n) is 3.20. The summed E-state index contributed by atoms with van der Waals surface area (Å²) >= 11 is 5.98. The van der Waals surface area contributed by atoms with E-state index < -0.39 is 0 Å². The summed E-state index contributed by atoms with van der Waals surface area (Å²) in [4.78, 5) is 23.9. The van der Waals surface area contributed by atoms with Gasteiger partial charge in [-0.15, -0.1) is 0 Å². The highest BCUT2D eigenvalue weighted by Gasteiger charge is 2.32. The molecular formula is C19H22ClN3O. The second-order valence-corrected chi connectivity index (χ2v) is 7.02. The van der Waals surface area contributed by atoms with Crippen molar-refractivity contribution in [3.8, 4) is 0 Å². The average Bonchev–Trinajstić information content (AvgIpc) is 2.99. The van der Waals surface area contributed by atoms with E-state index in [1.54, 1.807) is 0 Å². The van der Waals surface area contributed by atoms with Crippen LogP contribution in [0, 0.1) is 5.92 Å². The van der Waals surface area contributed by atoms with E-state index in [0.29, 0.717) is 18.1 Å². The lowest BCUT2D eigenvalue weighted by Gasteiger charge is -2.26. The molecule has 0 saturated carbocycles. The fraction of sp³-hybridized carbons (Fsp3) is 0.421. The van der Waals surface area contributed by atoms with Crippen molar-refractivity contribution in [3.63, 3.8) is 0 Å². The third-order valence-corrected chi connectivity index (χ3v) is 4.75. The van der Waals surface area contributed by atoms with Gasteiger partial charge in [0.25, 0.3) is 0 Å². The summed E-state index contributed by atoms with van der Waals surface area (Å²) in [7, 11) is 0. The Labute approximate surface area is 147 Å². The number of aryl methyl sites for hydroxylation is 1. The van der Waals surface area contributed by atoms with E-state index in [1.165, 1.54) is 0 Å². The van der Waals surface area contributed by atoms with Crippen LogP contribution in [0.5, 0.6) is 0 Å². The Kier molecular flexibility index (Phi) is 4.86. The van der Waals surface area contributed by atoms with Crippen LogP contribution in [0.1, 0.15) is 49.3 Å².